The third kappa shape index (κ3) is 1.99. The van der Waals surface area contributed by atoms with Crippen molar-refractivity contribution in [3.63, 3.8) is 0 Å². The first-order valence-corrected chi connectivity index (χ1v) is 5.97. The Balaban J connectivity index is 2.27. The fourth-order valence-electron chi connectivity index (χ4n) is 2.07. The molecule has 5 heteroatoms. The Morgan fingerprint density at radius 3 is 2.75 bits per heavy atom. The number of nitrogens with zero attached hydrogens (tertiary/aromatic N) is 2. The van der Waals surface area contributed by atoms with Gasteiger partial charge in [0.2, 0.25) is 0 Å². The maximum Gasteiger partial charge on any atom is 0.267 e. The van der Waals surface area contributed by atoms with Crippen LogP contribution in [-0.2, 0) is 0 Å². The molecule has 0 bridgehead atoms. The molecule has 0 aliphatic rings. The number of benzene rings is 1. The third-order valence-corrected chi connectivity index (χ3v) is 2.99. The molecule has 0 radical (unpaired) electrons. The van der Waals surface area contributed by atoms with E-state index in [0.29, 0.717) is 22.2 Å². The molecular formula is C15H10FN3O. The van der Waals surface area contributed by atoms with Gasteiger partial charge >= 0.3 is 0 Å². The second kappa shape index (κ2) is 4.70. The normalized spacial score (nSPS) is 10.7. The summed E-state index contributed by atoms with van der Waals surface area (Å²) >= 11 is 0. The van der Waals surface area contributed by atoms with E-state index in [0.717, 1.165) is 0 Å². The zero-order chi connectivity index (χ0) is 14.1. The van der Waals surface area contributed by atoms with Crippen LogP contribution in [0.1, 0.15) is 10.5 Å². The first-order chi connectivity index (χ1) is 9.66. The maximum atomic E-state index is 13.8. The van der Waals surface area contributed by atoms with Crippen LogP contribution in [0.3, 0.4) is 0 Å². The zero-order valence-electron chi connectivity index (χ0n) is 10.4. The fourth-order valence-corrected chi connectivity index (χ4v) is 2.07. The predicted molar refractivity (Wildman–Crippen MR) is 73.4 cm³/mol. The number of primary amides is 1. The predicted octanol–water partition coefficient (Wildman–Crippen LogP) is 2.53. The van der Waals surface area contributed by atoms with Crippen LogP contribution in [0.15, 0.2) is 48.7 Å². The first-order valence-electron chi connectivity index (χ1n) is 5.97. The molecule has 0 aliphatic carbocycles. The van der Waals surface area contributed by atoms with Crippen LogP contribution in [0.25, 0.3) is 22.2 Å². The molecule has 2 N–H and O–H groups in total. The number of hydrogen-bond acceptors (Lipinski definition) is 3. The molecule has 98 valence electrons. The molecule has 20 heavy (non-hydrogen) atoms. The van der Waals surface area contributed by atoms with E-state index >= 15 is 0 Å². The maximum absolute atomic E-state index is 13.8. The van der Waals surface area contributed by atoms with Crippen molar-refractivity contribution in [1.82, 2.24) is 9.97 Å². The smallest absolute Gasteiger partial charge is 0.267 e. The fraction of sp³-hybridized carbons (Fsp3) is 0. The van der Waals surface area contributed by atoms with E-state index in [1.54, 1.807) is 36.5 Å². The average molecular weight is 267 g/mol. The van der Waals surface area contributed by atoms with Gasteiger partial charge < -0.3 is 5.73 Å². The van der Waals surface area contributed by atoms with Gasteiger partial charge in [-0.2, -0.15) is 0 Å². The van der Waals surface area contributed by atoms with Gasteiger partial charge in [0.05, 0.1) is 11.2 Å². The van der Waals surface area contributed by atoms with E-state index < -0.39 is 5.91 Å². The summed E-state index contributed by atoms with van der Waals surface area (Å²) in [5.41, 5.74) is 7.07. The van der Waals surface area contributed by atoms with E-state index in [1.165, 1.54) is 12.1 Å². The Labute approximate surface area is 114 Å². The van der Waals surface area contributed by atoms with Crippen LogP contribution < -0.4 is 5.73 Å². The molecule has 0 saturated heterocycles. The molecule has 0 spiro atoms. The molecule has 2 heterocycles. The molecular weight excluding hydrogens is 257 g/mol. The lowest BCUT2D eigenvalue weighted by molar-refractivity contribution is 0.0995. The Bertz CT molecular complexity index is 817. The third-order valence-electron chi connectivity index (χ3n) is 2.99. The van der Waals surface area contributed by atoms with Gasteiger partial charge in [0.15, 0.2) is 0 Å². The van der Waals surface area contributed by atoms with Crippen molar-refractivity contribution in [2.75, 3.05) is 0 Å². The van der Waals surface area contributed by atoms with E-state index in [4.69, 9.17) is 5.73 Å². The topological polar surface area (TPSA) is 68.9 Å². The van der Waals surface area contributed by atoms with E-state index in [1.807, 2.05) is 0 Å². The van der Waals surface area contributed by atoms with Crippen LogP contribution in [0.2, 0.25) is 0 Å². The number of halogens is 1. The molecule has 1 aromatic carbocycles. The van der Waals surface area contributed by atoms with E-state index in [2.05, 4.69) is 9.97 Å². The van der Waals surface area contributed by atoms with Gasteiger partial charge in [0.25, 0.3) is 5.91 Å². The number of pyridine rings is 2. The Morgan fingerprint density at radius 2 is 1.95 bits per heavy atom. The highest BCUT2D eigenvalue weighted by Crippen LogP contribution is 2.27. The summed E-state index contributed by atoms with van der Waals surface area (Å²) in [6.07, 6.45) is 1.59. The molecule has 0 saturated carbocycles. The van der Waals surface area contributed by atoms with E-state index in [9.17, 15) is 9.18 Å². The molecule has 3 rings (SSSR count). The number of fused-ring (bicyclic) bond motifs is 1. The highest BCUT2D eigenvalue weighted by Gasteiger charge is 2.11. The minimum atomic E-state index is -0.605. The van der Waals surface area contributed by atoms with Gasteiger partial charge in [-0.1, -0.05) is 6.07 Å². The quantitative estimate of drug-likeness (QED) is 0.775. The summed E-state index contributed by atoms with van der Waals surface area (Å²) in [6.45, 7) is 0. The number of nitrogens with two attached hydrogens (primary N) is 1. The number of rotatable bonds is 2. The lowest BCUT2D eigenvalue weighted by atomic mass is 10.1. The second-order valence-electron chi connectivity index (χ2n) is 4.27. The molecule has 2 aromatic heterocycles. The zero-order valence-corrected chi connectivity index (χ0v) is 10.4. The standard InChI is InChI=1S/C15H10FN3O/c16-11-7-6-10(14-9(11)3-2-8-18-14)12-4-1-5-13(19-12)15(17)20/h1-8H,(H2,17,20). The number of amides is 1. The van der Waals surface area contributed by atoms with Crippen molar-refractivity contribution in [3.05, 3.63) is 60.2 Å². The highest BCUT2D eigenvalue weighted by atomic mass is 19.1. The summed E-state index contributed by atoms with van der Waals surface area (Å²) in [5.74, 6) is -0.950. The van der Waals surface area contributed by atoms with Gasteiger partial charge in [-0.15, -0.1) is 0 Å². The van der Waals surface area contributed by atoms with Crippen LogP contribution in [0, 0.1) is 5.82 Å². The summed E-state index contributed by atoms with van der Waals surface area (Å²) in [7, 11) is 0. The lowest BCUT2D eigenvalue weighted by Gasteiger charge is -2.07. The van der Waals surface area contributed by atoms with Crippen molar-refractivity contribution < 1.29 is 9.18 Å². The molecule has 1 amide bonds. The van der Waals surface area contributed by atoms with Gasteiger partial charge in [0, 0.05) is 17.1 Å². The lowest BCUT2D eigenvalue weighted by Crippen LogP contribution is -2.13. The first kappa shape index (κ1) is 12.2. The molecule has 0 aliphatic heterocycles. The van der Waals surface area contributed by atoms with Crippen LogP contribution in [-0.4, -0.2) is 15.9 Å². The second-order valence-corrected chi connectivity index (χ2v) is 4.27. The molecule has 0 fully saturated rings. The summed E-state index contributed by atoms with van der Waals surface area (Å²) in [6, 6.07) is 11.2. The number of carbonyl (C=O) groups excluding carboxylic acids is 1. The summed E-state index contributed by atoms with van der Waals surface area (Å²) < 4.78 is 13.8. The van der Waals surface area contributed by atoms with Crippen molar-refractivity contribution in [3.8, 4) is 11.3 Å². The van der Waals surface area contributed by atoms with Gasteiger partial charge in [0.1, 0.15) is 11.5 Å². The van der Waals surface area contributed by atoms with Gasteiger partial charge in [-0.3, -0.25) is 9.78 Å². The average Bonchev–Trinajstić information content (AvgIpc) is 2.48. The van der Waals surface area contributed by atoms with Crippen molar-refractivity contribution in [2.45, 2.75) is 0 Å². The van der Waals surface area contributed by atoms with E-state index in [-0.39, 0.29) is 11.5 Å². The largest absolute Gasteiger partial charge is 0.364 e. The minimum Gasteiger partial charge on any atom is -0.364 e. The Kier molecular flexibility index (Phi) is 2.87. The Hall–Kier alpha value is -2.82. The Morgan fingerprint density at radius 1 is 1.10 bits per heavy atom. The van der Waals surface area contributed by atoms with Crippen LogP contribution >= 0.6 is 0 Å². The minimum absolute atomic E-state index is 0.163. The van der Waals surface area contributed by atoms with Crippen LogP contribution in [0.4, 0.5) is 4.39 Å². The SMILES string of the molecule is NC(=O)c1cccc(-c2ccc(F)c3cccnc23)n1. The monoisotopic (exact) mass is 267 g/mol. The molecule has 0 atom stereocenters. The highest BCUT2D eigenvalue weighted by molar-refractivity contribution is 5.95. The van der Waals surface area contributed by atoms with Crippen molar-refractivity contribution >= 4 is 16.8 Å². The summed E-state index contributed by atoms with van der Waals surface area (Å²) in [4.78, 5) is 19.6. The van der Waals surface area contributed by atoms with Crippen molar-refractivity contribution in [1.29, 1.82) is 0 Å². The van der Waals surface area contributed by atoms with Crippen LogP contribution in [0.5, 0.6) is 0 Å². The molecule has 4 nitrogen and oxygen atoms in total. The molecule has 0 unspecified atom stereocenters. The molecule has 3 aromatic rings. The summed E-state index contributed by atoms with van der Waals surface area (Å²) in [5, 5.41) is 0.413. The number of hydrogen-bond donors (Lipinski definition) is 1. The van der Waals surface area contributed by atoms with Gasteiger partial charge in [-0.05, 0) is 36.4 Å². The number of carbonyl (C=O) groups is 1. The van der Waals surface area contributed by atoms with Crippen molar-refractivity contribution in [2.24, 2.45) is 5.73 Å². The number of aromatic nitrogens is 2. The van der Waals surface area contributed by atoms with Gasteiger partial charge in [-0.25, -0.2) is 9.37 Å².